The molecule has 0 N–H and O–H groups in total. The molecule has 1 heteroatoms. The zero-order valence-corrected chi connectivity index (χ0v) is 6.68. The van der Waals surface area contributed by atoms with Crippen LogP contribution in [0.2, 0.25) is 0 Å². The molecule has 0 fully saturated rings. The van der Waals surface area contributed by atoms with Crippen molar-refractivity contribution in [2.24, 2.45) is 0 Å². The standard InChI is InChI=1S/C9H14O/c1-5-7-9(6-2)8(3)10-4/h5,7H,1,3,6H2,2,4H3/b9-7-. The molecule has 0 aliphatic heterocycles. The molecular weight excluding hydrogens is 124 g/mol. The second-order valence-corrected chi connectivity index (χ2v) is 1.91. The summed E-state index contributed by atoms with van der Waals surface area (Å²) in [6.45, 7) is 9.37. The largest absolute Gasteiger partial charge is 0.497 e. The van der Waals surface area contributed by atoms with Crippen LogP contribution in [0.4, 0.5) is 0 Å². The van der Waals surface area contributed by atoms with Crippen molar-refractivity contribution < 1.29 is 4.74 Å². The molecule has 0 spiro atoms. The van der Waals surface area contributed by atoms with E-state index in [1.165, 1.54) is 0 Å². The highest BCUT2D eigenvalue weighted by molar-refractivity contribution is 5.26. The van der Waals surface area contributed by atoms with Gasteiger partial charge in [-0.05, 0) is 12.0 Å². The highest BCUT2D eigenvalue weighted by atomic mass is 16.5. The lowest BCUT2D eigenvalue weighted by Crippen LogP contribution is -1.88. The molecule has 0 aromatic rings. The van der Waals surface area contributed by atoms with Crippen LogP contribution in [-0.4, -0.2) is 7.11 Å². The van der Waals surface area contributed by atoms with Crippen molar-refractivity contribution in [3.63, 3.8) is 0 Å². The lowest BCUT2D eigenvalue weighted by molar-refractivity contribution is 0.301. The van der Waals surface area contributed by atoms with Crippen LogP contribution in [0.3, 0.4) is 0 Å². The Morgan fingerprint density at radius 1 is 1.60 bits per heavy atom. The number of ether oxygens (including phenoxy) is 1. The molecule has 0 saturated carbocycles. The van der Waals surface area contributed by atoms with Crippen molar-refractivity contribution in [1.29, 1.82) is 0 Å². The average Bonchev–Trinajstić information content (AvgIpc) is 1.99. The van der Waals surface area contributed by atoms with Crippen molar-refractivity contribution >= 4 is 0 Å². The van der Waals surface area contributed by atoms with Crippen LogP contribution in [0.5, 0.6) is 0 Å². The van der Waals surface area contributed by atoms with Crippen molar-refractivity contribution in [2.45, 2.75) is 13.3 Å². The van der Waals surface area contributed by atoms with Gasteiger partial charge in [-0.25, -0.2) is 0 Å². The Hall–Kier alpha value is -0.980. The van der Waals surface area contributed by atoms with Crippen molar-refractivity contribution in [2.75, 3.05) is 7.11 Å². The Labute approximate surface area is 62.7 Å². The summed E-state index contributed by atoms with van der Waals surface area (Å²) in [5.41, 5.74) is 1.09. The molecule has 0 bridgehead atoms. The molecule has 10 heavy (non-hydrogen) atoms. The van der Waals surface area contributed by atoms with Crippen LogP contribution in [0.1, 0.15) is 13.3 Å². The second-order valence-electron chi connectivity index (χ2n) is 1.91. The number of hydrogen-bond donors (Lipinski definition) is 0. The third kappa shape index (κ3) is 2.53. The van der Waals surface area contributed by atoms with E-state index in [1.54, 1.807) is 13.2 Å². The van der Waals surface area contributed by atoms with Gasteiger partial charge in [0, 0.05) is 0 Å². The van der Waals surface area contributed by atoms with E-state index in [1.807, 2.05) is 6.08 Å². The summed E-state index contributed by atoms with van der Waals surface area (Å²) < 4.78 is 4.95. The van der Waals surface area contributed by atoms with Crippen LogP contribution in [0.15, 0.2) is 36.6 Å². The maximum Gasteiger partial charge on any atom is 0.114 e. The van der Waals surface area contributed by atoms with Crippen LogP contribution in [0, 0.1) is 0 Å². The highest BCUT2D eigenvalue weighted by Gasteiger charge is 1.96. The van der Waals surface area contributed by atoms with E-state index in [0.29, 0.717) is 0 Å². The number of hydrogen-bond acceptors (Lipinski definition) is 1. The minimum atomic E-state index is 0.724. The predicted molar refractivity (Wildman–Crippen MR) is 44.7 cm³/mol. The molecule has 0 aromatic heterocycles. The van der Waals surface area contributed by atoms with Gasteiger partial charge in [0.05, 0.1) is 7.11 Å². The molecule has 0 aliphatic rings. The van der Waals surface area contributed by atoms with Crippen LogP contribution >= 0.6 is 0 Å². The molecular formula is C9H14O. The van der Waals surface area contributed by atoms with Crippen molar-refractivity contribution in [1.82, 2.24) is 0 Å². The molecule has 0 atom stereocenters. The van der Waals surface area contributed by atoms with Crippen LogP contribution in [0.25, 0.3) is 0 Å². The molecule has 0 amide bonds. The summed E-state index contributed by atoms with van der Waals surface area (Å²) in [5.74, 6) is 0.724. The minimum absolute atomic E-state index is 0.724. The van der Waals surface area contributed by atoms with Gasteiger partial charge in [-0.2, -0.15) is 0 Å². The van der Waals surface area contributed by atoms with Gasteiger partial charge in [-0.15, -0.1) is 0 Å². The normalized spacial score (nSPS) is 10.8. The van der Waals surface area contributed by atoms with E-state index in [9.17, 15) is 0 Å². The third-order valence-corrected chi connectivity index (χ3v) is 1.30. The first-order valence-corrected chi connectivity index (χ1v) is 3.31. The van der Waals surface area contributed by atoms with Gasteiger partial charge >= 0.3 is 0 Å². The maximum atomic E-state index is 4.95. The van der Waals surface area contributed by atoms with Gasteiger partial charge < -0.3 is 4.74 Å². The average molecular weight is 138 g/mol. The van der Waals surface area contributed by atoms with Crippen molar-refractivity contribution in [3.8, 4) is 0 Å². The fraction of sp³-hybridized carbons (Fsp3) is 0.333. The van der Waals surface area contributed by atoms with Gasteiger partial charge in [0.15, 0.2) is 0 Å². The number of rotatable bonds is 4. The first kappa shape index (κ1) is 9.02. The van der Waals surface area contributed by atoms with Gasteiger partial charge in [0.2, 0.25) is 0 Å². The number of methoxy groups -OCH3 is 1. The Kier molecular flexibility index (Phi) is 4.38. The Bertz CT molecular complexity index is 154. The molecule has 0 saturated heterocycles. The van der Waals surface area contributed by atoms with E-state index in [2.05, 4.69) is 20.1 Å². The van der Waals surface area contributed by atoms with E-state index in [-0.39, 0.29) is 0 Å². The molecule has 0 heterocycles. The van der Waals surface area contributed by atoms with E-state index in [4.69, 9.17) is 4.74 Å². The molecule has 0 aliphatic carbocycles. The molecule has 1 nitrogen and oxygen atoms in total. The minimum Gasteiger partial charge on any atom is -0.497 e. The van der Waals surface area contributed by atoms with E-state index < -0.39 is 0 Å². The zero-order valence-electron chi connectivity index (χ0n) is 6.68. The predicted octanol–water partition coefficient (Wildman–Crippen LogP) is 2.67. The SMILES string of the molecule is C=C/C=C(/CC)C(=C)OC. The van der Waals surface area contributed by atoms with Crippen molar-refractivity contribution in [3.05, 3.63) is 36.6 Å². The van der Waals surface area contributed by atoms with Gasteiger partial charge in [-0.3, -0.25) is 0 Å². The Morgan fingerprint density at radius 2 is 2.20 bits per heavy atom. The summed E-state index contributed by atoms with van der Waals surface area (Å²) in [7, 11) is 1.62. The monoisotopic (exact) mass is 138 g/mol. The summed E-state index contributed by atoms with van der Waals surface area (Å²) >= 11 is 0. The van der Waals surface area contributed by atoms with Gasteiger partial charge in [-0.1, -0.05) is 32.2 Å². The lowest BCUT2D eigenvalue weighted by Gasteiger charge is -2.04. The maximum absolute atomic E-state index is 4.95. The molecule has 0 rings (SSSR count). The molecule has 56 valence electrons. The summed E-state index contributed by atoms with van der Waals surface area (Å²) in [4.78, 5) is 0. The first-order valence-electron chi connectivity index (χ1n) is 3.31. The van der Waals surface area contributed by atoms with E-state index in [0.717, 1.165) is 17.8 Å². The summed E-state index contributed by atoms with van der Waals surface area (Å²) in [5, 5.41) is 0. The van der Waals surface area contributed by atoms with Gasteiger partial charge in [0.1, 0.15) is 5.76 Å². The third-order valence-electron chi connectivity index (χ3n) is 1.30. The smallest absolute Gasteiger partial charge is 0.114 e. The Balaban J connectivity index is 4.19. The molecule has 0 radical (unpaired) electrons. The summed E-state index contributed by atoms with van der Waals surface area (Å²) in [6.07, 6.45) is 4.58. The fourth-order valence-electron chi connectivity index (χ4n) is 0.681. The molecule has 0 unspecified atom stereocenters. The quantitative estimate of drug-likeness (QED) is 0.428. The fourth-order valence-corrected chi connectivity index (χ4v) is 0.681. The highest BCUT2D eigenvalue weighted by Crippen LogP contribution is 2.11. The summed E-state index contributed by atoms with van der Waals surface area (Å²) in [6, 6.07) is 0. The second kappa shape index (κ2) is 4.86. The van der Waals surface area contributed by atoms with Gasteiger partial charge in [0.25, 0.3) is 0 Å². The topological polar surface area (TPSA) is 9.23 Å². The Morgan fingerprint density at radius 3 is 2.50 bits per heavy atom. The lowest BCUT2D eigenvalue weighted by atomic mass is 10.1. The van der Waals surface area contributed by atoms with E-state index >= 15 is 0 Å². The zero-order chi connectivity index (χ0) is 7.98. The van der Waals surface area contributed by atoms with Crippen LogP contribution < -0.4 is 0 Å². The van der Waals surface area contributed by atoms with Crippen LogP contribution in [-0.2, 0) is 4.74 Å². The number of allylic oxidation sites excluding steroid dienone is 3. The molecule has 0 aromatic carbocycles. The first-order chi connectivity index (χ1) is 4.76.